The molecule has 1 aromatic heterocycles. The van der Waals surface area contributed by atoms with Crippen LogP contribution < -0.4 is 11.1 Å². The number of aromatic nitrogens is 1. The van der Waals surface area contributed by atoms with E-state index in [0.29, 0.717) is 24.7 Å². The van der Waals surface area contributed by atoms with Gasteiger partial charge >= 0.3 is 0 Å². The van der Waals surface area contributed by atoms with Crippen LogP contribution in [0.1, 0.15) is 40.3 Å². The summed E-state index contributed by atoms with van der Waals surface area (Å²) in [5.41, 5.74) is 7.24. The normalized spacial score (nSPS) is 12.1. The number of hydrogen-bond acceptors (Lipinski definition) is 4. The van der Waals surface area contributed by atoms with Crippen molar-refractivity contribution in [1.82, 2.24) is 10.3 Å². The van der Waals surface area contributed by atoms with Gasteiger partial charge in [-0.3, -0.25) is 4.79 Å². The highest BCUT2D eigenvalue weighted by Gasteiger charge is 2.14. The predicted octanol–water partition coefficient (Wildman–Crippen LogP) is 2.57. The monoisotopic (exact) mass is 303 g/mol. The summed E-state index contributed by atoms with van der Waals surface area (Å²) < 4.78 is 0. The number of carbonyl (C=O) groups excluding carboxylic acids is 1. The van der Waals surface area contributed by atoms with Crippen molar-refractivity contribution in [2.24, 2.45) is 5.73 Å². The zero-order valence-corrected chi connectivity index (χ0v) is 13.0. The summed E-state index contributed by atoms with van der Waals surface area (Å²) >= 11 is 1.49. The lowest BCUT2D eigenvalue weighted by Crippen LogP contribution is -2.28. The van der Waals surface area contributed by atoms with Gasteiger partial charge in [0.1, 0.15) is 5.69 Å². The smallest absolute Gasteiger partial charge is 0.270 e. The van der Waals surface area contributed by atoms with Crippen LogP contribution in [-0.2, 0) is 6.42 Å². The molecular weight excluding hydrogens is 282 g/mol. The summed E-state index contributed by atoms with van der Waals surface area (Å²) in [6, 6.07) is 10.3. The van der Waals surface area contributed by atoms with Gasteiger partial charge in [0.05, 0.1) is 5.01 Å². The lowest BCUT2D eigenvalue weighted by Gasteiger charge is -2.15. The van der Waals surface area contributed by atoms with E-state index in [0.717, 1.165) is 17.8 Å². The van der Waals surface area contributed by atoms with E-state index in [1.807, 2.05) is 18.2 Å². The largest absolute Gasteiger partial charge is 0.350 e. The molecule has 0 bridgehead atoms. The zero-order chi connectivity index (χ0) is 15.1. The van der Waals surface area contributed by atoms with Gasteiger partial charge in [-0.25, -0.2) is 4.98 Å². The molecule has 112 valence electrons. The first-order chi connectivity index (χ1) is 10.2. The number of hydrogen-bond donors (Lipinski definition) is 2. The summed E-state index contributed by atoms with van der Waals surface area (Å²) in [6.45, 7) is 3.32. The van der Waals surface area contributed by atoms with E-state index in [1.54, 1.807) is 5.38 Å². The summed E-state index contributed by atoms with van der Waals surface area (Å²) in [7, 11) is 0. The van der Waals surface area contributed by atoms with Crippen LogP contribution in [0.3, 0.4) is 0 Å². The number of rotatable bonds is 7. The van der Waals surface area contributed by atoms with Crippen molar-refractivity contribution in [3.05, 3.63) is 52.0 Å². The van der Waals surface area contributed by atoms with Crippen LogP contribution in [0.4, 0.5) is 0 Å². The van der Waals surface area contributed by atoms with Crippen molar-refractivity contribution >= 4 is 17.2 Å². The Bertz CT molecular complexity index is 568. The molecule has 0 saturated heterocycles. The molecule has 2 rings (SSSR count). The molecule has 3 N–H and O–H groups in total. The van der Waals surface area contributed by atoms with Gasteiger partial charge in [-0.05, 0) is 18.5 Å². The Hall–Kier alpha value is -1.72. The standard InChI is InChI=1S/C16H21N3OS/c1-2-12(13-6-4-3-5-7-13)10-18-16(20)14-11-21-15(19-14)8-9-17/h3-7,11-12H,2,8-10,17H2,1H3,(H,18,20). The number of carbonyl (C=O) groups is 1. The Morgan fingerprint density at radius 2 is 2.14 bits per heavy atom. The second-order valence-corrected chi connectivity index (χ2v) is 5.83. The van der Waals surface area contributed by atoms with Crippen molar-refractivity contribution in [2.45, 2.75) is 25.7 Å². The molecule has 0 aliphatic heterocycles. The van der Waals surface area contributed by atoms with Gasteiger partial charge < -0.3 is 11.1 Å². The van der Waals surface area contributed by atoms with Gasteiger partial charge in [0.15, 0.2) is 0 Å². The summed E-state index contributed by atoms with van der Waals surface area (Å²) in [5, 5.41) is 5.69. The van der Waals surface area contributed by atoms with Crippen LogP contribution in [-0.4, -0.2) is 24.0 Å². The molecule has 1 amide bonds. The maximum absolute atomic E-state index is 12.1. The van der Waals surface area contributed by atoms with Crippen LogP contribution in [0, 0.1) is 0 Å². The maximum atomic E-state index is 12.1. The molecular formula is C16H21N3OS. The maximum Gasteiger partial charge on any atom is 0.270 e. The SMILES string of the molecule is CCC(CNC(=O)c1csc(CCN)n1)c1ccccc1. The Balaban J connectivity index is 1.93. The van der Waals surface area contributed by atoms with E-state index in [1.165, 1.54) is 16.9 Å². The van der Waals surface area contributed by atoms with Gasteiger partial charge in [0.2, 0.25) is 0 Å². The second kappa shape index (κ2) is 7.90. The Morgan fingerprint density at radius 3 is 2.81 bits per heavy atom. The molecule has 0 spiro atoms. The molecule has 0 aliphatic carbocycles. The third-order valence-electron chi connectivity index (χ3n) is 3.42. The van der Waals surface area contributed by atoms with Crippen molar-refractivity contribution in [3.8, 4) is 0 Å². The number of nitrogens with two attached hydrogens (primary N) is 1. The fraction of sp³-hybridized carbons (Fsp3) is 0.375. The molecule has 1 unspecified atom stereocenters. The Kier molecular flexibility index (Phi) is 5.90. The first-order valence-corrected chi connectivity index (χ1v) is 8.10. The highest BCUT2D eigenvalue weighted by atomic mass is 32.1. The topological polar surface area (TPSA) is 68.0 Å². The first kappa shape index (κ1) is 15.7. The lowest BCUT2D eigenvalue weighted by molar-refractivity contribution is 0.0946. The third-order valence-corrected chi connectivity index (χ3v) is 4.32. The van der Waals surface area contributed by atoms with Crippen LogP contribution in [0.5, 0.6) is 0 Å². The first-order valence-electron chi connectivity index (χ1n) is 7.22. The second-order valence-electron chi connectivity index (χ2n) is 4.89. The van der Waals surface area contributed by atoms with E-state index in [4.69, 9.17) is 5.73 Å². The minimum Gasteiger partial charge on any atom is -0.350 e. The summed E-state index contributed by atoms with van der Waals surface area (Å²) in [4.78, 5) is 16.4. The van der Waals surface area contributed by atoms with E-state index in [-0.39, 0.29) is 5.91 Å². The van der Waals surface area contributed by atoms with Gasteiger partial charge in [-0.2, -0.15) is 0 Å². The van der Waals surface area contributed by atoms with Gasteiger partial charge in [0, 0.05) is 24.3 Å². The van der Waals surface area contributed by atoms with Gasteiger partial charge in [-0.1, -0.05) is 37.3 Å². The van der Waals surface area contributed by atoms with Crippen molar-refractivity contribution in [2.75, 3.05) is 13.1 Å². The van der Waals surface area contributed by atoms with Gasteiger partial charge in [-0.15, -0.1) is 11.3 Å². The van der Waals surface area contributed by atoms with E-state index < -0.39 is 0 Å². The molecule has 5 heteroatoms. The molecule has 0 radical (unpaired) electrons. The number of thiazole rings is 1. The van der Waals surface area contributed by atoms with Gasteiger partial charge in [0.25, 0.3) is 5.91 Å². The Labute approximate surface area is 129 Å². The van der Waals surface area contributed by atoms with Crippen molar-refractivity contribution in [3.63, 3.8) is 0 Å². The minimum atomic E-state index is -0.107. The molecule has 1 aromatic carbocycles. The highest BCUT2D eigenvalue weighted by molar-refractivity contribution is 7.09. The fourth-order valence-electron chi connectivity index (χ4n) is 2.18. The molecule has 0 saturated carbocycles. The average molecular weight is 303 g/mol. The van der Waals surface area contributed by atoms with E-state index in [9.17, 15) is 4.79 Å². The quantitative estimate of drug-likeness (QED) is 0.826. The molecule has 4 nitrogen and oxygen atoms in total. The number of nitrogens with zero attached hydrogens (tertiary/aromatic N) is 1. The minimum absolute atomic E-state index is 0.107. The van der Waals surface area contributed by atoms with Crippen LogP contribution in [0.15, 0.2) is 35.7 Å². The highest BCUT2D eigenvalue weighted by Crippen LogP contribution is 2.18. The van der Waals surface area contributed by atoms with Crippen LogP contribution in [0.2, 0.25) is 0 Å². The van der Waals surface area contributed by atoms with Crippen LogP contribution >= 0.6 is 11.3 Å². The van der Waals surface area contributed by atoms with E-state index in [2.05, 4.69) is 29.4 Å². The molecule has 2 aromatic rings. The molecule has 1 heterocycles. The van der Waals surface area contributed by atoms with Crippen LogP contribution in [0.25, 0.3) is 0 Å². The van der Waals surface area contributed by atoms with Crippen molar-refractivity contribution < 1.29 is 4.79 Å². The lowest BCUT2D eigenvalue weighted by atomic mass is 9.96. The zero-order valence-electron chi connectivity index (χ0n) is 12.2. The van der Waals surface area contributed by atoms with Crippen molar-refractivity contribution in [1.29, 1.82) is 0 Å². The summed E-state index contributed by atoms with van der Waals surface area (Å²) in [5.74, 6) is 0.223. The molecule has 0 fully saturated rings. The average Bonchev–Trinajstić information content (AvgIpc) is 2.98. The molecule has 1 atom stereocenters. The number of amides is 1. The predicted molar refractivity (Wildman–Crippen MR) is 86.7 cm³/mol. The fourth-order valence-corrected chi connectivity index (χ4v) is 2.98. The third kappa shape index (κ3) is 4.37. The molecule has 0 aliphatic rings. The summed E-state index contributed by atoms with van der Waals surface area (Å²) in [6.07, 6.45) is 1.71. The number of benzene rings is 1. The molecule has 21 heavy (non-hydrogen) atoms. The van der Waals surface area contributed by atoms with E-state index >= 15 is 0 Å². The number of nitrogens with one attached hydrogen (secondary N) is 1. The Morgan fingerprint density at radius 1 is 1.38 bits per heavy atom.